The zero-order valence-corrected chi connectivity index (χ0v) is 12.8. The van der Waals surface area contributed by atoms with Crippen molar-refractivity contribution in [2.24, 2.45) is 11.8 Å². The van der Waals surface area contributed by atoms with Gasteiger partial charge in [0.25, 0.3) is 5.91 Å². The van der Waals surface area contributed by atoms with Gasteiger partial charge >= 0.3 is 0 Å². The molecule has 1 amide bonds. The van der Waals surface area contributed by atoms with Crippen LogP contribution in [0.1, 0.15) is 34.1 Å². The molecule has 2 aliphatic rings. The summed E-state index contributed by atoms with van der Waals surface area (Å²) < 4.78 is 0. The Hall–Kier alpha value is -0.580. The molecule has 1 saturated heterocycles. The molecule has 0 radical (unpaired) electrons. The predicted octanol–water partition coefficient (Wildman–Crippen LogP) is 2.24. The number of amides is 1. The van der Waals surface area contributed by atoms with E-state index in [-0.39, 0.29) is 18.3 Å². The van der Waals surface area contributed by atoms with Crippen molar-refractivity contribution in [2.75, 3.05) is 19.6 Å². The highest BCUT2D eigenvalue weighted by Crippen LogP contribution is 2.32. The second-order valence-corrected chi connectivity index (χ2v) is 6.60. The van der Waals surface area contributed by atoms with Crippen LogP contribution in [0, 0.1) is 11.8 Å². The number of halogens is 1. The molecule has 1 unspecified atom stereocenters. The summed E-state index contributed by atoms with van der Waals surface area (Å²) >= 11 is 1.76. The van der Waals surface area contributed by atoms with E-state index in [0.717, 1.165) is 44.0 Å². The molecule has 2 heterocycles. The van der Waals surface area contributed by atoms with Crippen molar-refractivity contribution in [3.63, 3.8) is 0 Å². The fraction of sp³-hybridized carbons (Fsp3) is 0.643. The van der Waals surface area contributed by atoms with E-state index in [0.29, 0.717) is 5.92 Å². The van der Waals surface area contributed by atoms with E-state index in [9.17, 15) is 4.79 Å². The minimum Gasteiger partial charge on any atom is -0.352 e. The fourth-order valence-electron chi connectivity index (χ4n) is 2.69. The summed E-state index contributed by atoms with van der Waals surface area (Å²) in [6.07, 6.45) is 3.45. The van der Waals surface area contributed by atoms with Gasteiger partial charge in [0.05, 0.1) is 5.56 Å². The van der Waals surface area contributed by atoms with E-state index >= 15 is 0 Å². The van der Waals surface area contributed by atoms with Crippen molar-refractivity contribution in [3.05, 3.63) is 21.4 Å². The highest BCUT2D eigenvalue weighted by molar-refractivity contribution is 7.10. The maximum Gasteiger partial charge on any atom is 0.252 e. The first-order valence-electron chi connectivity index (χ1n) is 6.82. The average molecular weight is 301 g/mol. The number of rotatable bonds is 3. The number of nitrogens with one attached hydrogen (secondary N) is 2. The third-order valence-electron chi connectivity index (χ3n) is 4.06. The summed E-state index contributed by atoms with van der Waals surface area (Å²) in [5.41, 5.74) is 2.26. The van der Waals surface area contributed by atoms with Crippen LogP contribution in [0.4, 0.5) is 0 Å². The Morgan fingerprint density at radius 3 is 3.00 bits per heavy atom. The first-order chi connectivity index (χ1) is 8.74. The van der Waals surface area contributed by atoms with Crippen LogP contribution in [-0.2, 0) is 12.8 Å². The van der Waals surface area contributed by atoms with E-state index in [1.54, 1.807) is 11.3 Å². The molecule has 0 saturated carbocycles. The molecule has 1 atom stereocenters. The zero-order chi connectivity index (χ0) is 12.5. The lowest BCUT2D eigenvalue weighted by molar-refractivity contribution is 0.0941. The second-order valence-electron chi connectivity index (χ2n) is 5.63. The Morgan fingerprint density at radius 1 is 1.53 bits per heavy atom. The van der Waals surface area contributed by atoms with E-state index < -0.39 is 0 Å². The molecule has 0 spiro atoms. The Morgan fingerprint density at radius 2 is 2.32 bits per heavy atom. The van der Waals surface area contributed by atoms with Crippen molar-refractivity contribution >= 4 is 29.7 Å². The minimum atomic E-state index is 0. The van der Waals surface area contributed by atoms with E-state index in [4.69, 9.17) is 0 Å². The number of fused-ring (bicyclic) bond motifs is 1. The monoisotopic (exact) mass is 300 g/mol. The van der Waals surface area contributed by atoms with Crippen LogP contribution in [0.3, 0.4) is 0 Å². The van der Waals surface area contributed by atoms with Crippen molar-refractivity contribution in [2.45, 2.75) is 26.2 Å². The van der Waals surface area contributed by atoms with Gasteiger partial charge in [-0.05, 0) is 30.7 Å². The van der Waals surface area contributed by atoms with Crippen LogP contribution in [0.15, 0.2) is 5.38 Å². The van der Waals surface area contributed by atoms with Gasteiger partial charge in [0.2, 0.25) is 0 Å². The maximum absolute atomic E-state index is 12.2. The largest absolute Gasteiger partial charge is 0.352 e. The smallest absolute Gasteiger partial charge is 0.252 e. The molecule has 5 heteroatoms. The molecule has 106 valence electrons. The summed E-state index contributed by atoms with van der Waals surface area (Å²) in [4.78, 5) is 13.6. The Labute approximate surface area is 124 Å². The third kappa shape index (κ3) is 3.12. The maximum atomic E-state index is 12.2. The van der Waals surface area contributed by atoms with Crippen LogP contribution >= 0.6 is 23.7 Å². The predicted molar refractivity (Wildman–Crippen MR) is 81.4 cm³/mol. The van der Waals surface area contributed by atoms with Crippen molar-refractivity contribution < 1.29 is 4.79 Å². The van der Waals surface area contributed by atoms with Crippen LogP contribution in [0.2, 0.25) is 0 Å². The third-order valence-corrected chi connectivity index (χ3v) is 5.11. The van der Waals surface area contributed by atoms with Gasteiger partial charge < -0.3 is 10.6 Å². The number of carbonyl (C=O) groups is 1. The molecule has 3 nitrogen and oxygen atoms in total. The molecule has 2 N–H and O–H groups in total. The number of hydrogen-bond donors (Lipinski definition) is 2. The molecule has 1 aliphatic heterocycles. The van der Waals surface area contributed by atoms with Crippen molar-refractivity contribution in [1.82, 2.24) is 10.6 Å². The molecule has 19 heavy (non-hydrogen) atoms. The standard InChI is InChI=1S/C14H20N2OS.ClH/c1-9-2-3-11-12(8-18-13(11)4-9)14(17)16-7-10-5-15-6-10;/h8-10,15H,2-7H2,1H3,(H,16,17);1H. The molecule has 1 aliphatic carbocycles. The van der Waals surface area contributed by atoms with Gasteiger partial charge in [-0.25, -0.2) is 0 Å². The fourth-order valence-corrected chi connectivity index (χ4v) is 3.94. The Kier molecular flexibility index (Phi) is 4.87. The van der Waals surface area contributed by atoms with E-state index in [1.165, 1.54) is 16.9 Å². The summed E-state index contributed by atoms with van der Waals surface area (Å²) in [5.74, 6) is 1.53. The number of hydrogen-bond acceptors (Lipinski definition) is 3. The molecular weight excluding hydrogens is 280 g/mol. The summed E-state index contributed by atoms with van der Waals surface area (Å²) in [6.45, 7) is 5.19. The van der Waals surface area contributed by atoms with Crippen molar-refractivity contribution in [1.29, 1.82) is 0 Å². The lowest BCUT2D eigenvalue weighted by Crippen LogP contribution is -2.48. The number of carbonyl (C=O) groups excluding carboxylic acids is 1. The van der Waals surface area contributed by atoms with Gasteiger partial charge in [-0.1, -0.05) is 6.92 Å². The first kappa shape index (κ1) is 14.8. The average Bonchev–Trinajstić information content (AvgIpc) is 2.69. The first-order valence-corrected chi connectivity index (χ1v) is 7.70. The number of thiophene rings is 1. The summed E-state index contributed by atoms with van der Waals surface area (Å²) in [5, 5.41) is 8.35. The topological polar surface area (TPSA) is 41.1 Å². The van der Waals surface area contributed by atoms with Gasteiger partial charge in [-0.3, -0.25) is 4.79 Å². The van der Waals surface area contributed by atoms with Crippen LogP contribution < -0.4 is 10.6 Å². The van der Waals surface area contributed by atoms with E-state index in [1.807, 2.05) is 0 Å². The lowest BCUT2D eigenvalue weighted by Gasteiger charge is -2.27. The van der Waals surface area contributed by atoms with Crippen LogP contribution in [-0.4, -0.2) is 25.5 Å². The van der Waals surface area contributed by atoms with Gasteiger partial charge in [0, 0.05) is 35.8 Å². The second kappa shape index (κ2) is 6.25. The minimum absolute atomic E-state index is 0. The molecule has 0 aromatic carbocycles. The SMILES string of the molecule is CC1CCc2c(C(=O)NCC3CNC3)csc2C1.Cl. The lowest BCUT2D eigenvalue weighted by atomic mass is 9.88. The molecule has 1 aromatic heterocycles. The van der Waals surface area contributed by atoms with Crippen molar-refractivity contribution in [3.8, 4) is 0 Å². The van der Waals surface area contributed by atoms with Crippen LogP contribution in [0.5, 0.6) is 0 Å². The highest BCUT2D eigenvalue weighted by atomic mass is 35.5. The molecule has 0 bridgehead atoms. The zero-order valence-electron chi connectivity index (χ0n) is 11.2. The van der Waals surface area contributed by atoms with Crippen LogP contribution in [0.25, 0.3) is 0 Å². The summed E-state index contributed by atoms with van der Waals surface area (Å²) in [6, 6.07) is 0. The molecular formula is C14H21ClN2OS. The molecule has 1 aromatic rings. The van der Waals surface area contributed by atoms with E-state index in [2.05, 4.69) is 22.9 Å². The van der Waals surface area contributed by atoms with Gasteiger partial charge in [0.1, 0.15) is 0 Å². The van der Waals surface area contributed by atoms with Gasteiger partial charge in [0.15, 0.2) is 0 Å². The molecule has 1 fully saturated rings. The van der Waals surface area contributed by atoms with Gasteiger partial charge in [-0.2, -0.15) is 0 Å². The summed E-state index contributed by atoms with van der Waals surface area (Å²) in [7, 11) is 0. The molecule has 3 rings (SSSR count). The normalized spacial score (nSPS) is 22.1. The highest BCUT2D eigenvalue weighted by Gasteiger charge is 2.24. The Bertz CT molecular complexity index is 456. The Balaban J connectivity index is 0.00000133. The quantitative estimate of drug-likeness (QED) is 0.899. The van der Waals surface area contributed by atoms with Gasteiger partial charge in [-0.15, -0.1) is 23.7 Å².